The van der Waals surface area contributed by atoms with E-state index in [1.165, 1.54) is 6.92 Å². The van der Waals surface area contributed by atoms with E-state index >= 15 is 0 Å². The van der Waals surface area contributed by atoms with Crippen molar-refractivity contribution in [3.63, 3.8) is 0 Å². The summed E-state index contributed by atoms with van der Waals surface area (Å²) in [7, 11) is 1.58. The molecule has 6 nitrogen and oxygen atoms in total. The van der Waals surface area contributed by atoms with Crippen molar-refractivity contribution < 1.29 is 19.1 Å². The van der Waals surface area contributed by atoms with Gasteiger partial charge < -0.3 is 20.1 Å². The molecule has 0 spiro atoms. The molecule has 19 heavy (non-hydrogen) atoms. The average Bonchev–Trinajstić information content (AvgIpc) is 2.41. The van der Waals surface area contributed by atoms with Gasteiger partial charge in [0.1, 0.15) is 11.5 Å². The minimum absolute atomic E-state index is 0.0631. The number of amides is 2. The van der Waals surface area contributed by atoms with Crippen molar-refractivity contribution in [3.8, 4) is 11.5 Å². The number of carbonyl (C=O) groups is 2. The molecule has 1 aromatic carbocycles. The minimum atomic E-state index is -0.235. The van der Waals surface area contributed by atoms with E-state index in [9.17, 15) is 9.59 Å². The number of ether oxygens (including phenoxy) is 2. The molecule has 0 fully saturated rings. The summed E-state index contributed by atoms with van der Waals surface area (Å²) < 4.78 is 10.3. The minimum Gasteiger partial charge on any atom is -0.497 e. The van der Waals surface area contributed by atoms with Crippen molar-refractivity contribution in [2.45, 2.75) is 6.92 Å². The van der Waals surface area contributed by atoms with Crippen LogP contribution >= 0.6 is 0 Å². The van der Waals surface area contributed by atoms with E-state index in [1.54, 1.807) is 31.4 Å². The first-order valence-electron chi connectivity index (χ1n) is 5.90. The summed E-state index contributed by atoms with van der Waals surface area (Å²) in [6.45, 7) is 2.15. The molecule has 0 saturated carbocycles. The van der Waals surface area contributed by atoms with Crippen LogP contribution in [0.2, 0.25) is 0 Å². The van der Waals surface area contributed by atoms with E-state index in [-0.39, 0.29) is 18.4 Å². The Morgan fingerprint density at radius 1 is 1.05 bits per heavy atom. The van der Waals surface area contributed by atoms with Gasteiger partial charge in [0.2, 0.25) is 5.91 Å². The zero-order valence-corrected chi connectivity index (χ0v) is 11.1. The molecule has 0 saturated heterocycles. The molecule has 0 radical (unpaired) electrons. The quantitative estimate of drug-likeness (QED) is 0.697. The van der Waals surface area contributed by atoms with Gasteiger partial charge >= 0.3 is 0 Å². The highest BCUT2D eigenvalue weighted by molar-refractivity contribution is 5.77. The van der Waals surface area contributed by atoms with Crippen LogP contribution in [0.25, 0.3) is 0 Å². The first kappa shape index (κ1) is 14.8. The summed E-state index contributed by atoms with van der Waals surface area (Å²) in [5.74, 6) is 0.967. The fourth-order valence-electron chi connectivity index (χ4n) is 1.31. The third-order valence-electron chi connectivity index (χ3n) is 2.25. The summed E-state index contributed by atoms with van der Waals surface area (Å²) in [4.78, 5) is 22.0. The van der Waals surface area contributed by atoms with E-state index in [0.29, 0.717) is 18.8 Å². The van der Waals surface area contributed by atoms with Crippen molar-refractivity contribution >= 4 is 11.8 Å². The maximum atomic E-state index is 11.4. The smallest absolute Gasteiger partial charge is 0.258 e. The SMILES string of the molecule is COc1ccc(OCC(=O)NCCNC(C)=O)cc1. The molecule has 0 heterocycles. The number of benzene rings is 1. The molecule has 0 aliphatic carbocycles. The molecule has 0 aliphatic rings. The summed E-state index contributed by atoms with van der Waals surface area (Å²) in [6.07, 6.45) is 0. The standard InChI is InChI=1S/C13H18N2O4/c1-10(16)14-7-8-15-13(17)9-19-12-5-3-11(18-2)4-6-12/h3-6H,7-9H2,1-2H3,(H,14,16)(H,15,17). The Hall–Kier alpha value is -2.24. The van der Waals surface area contributed by atoms with Gasteiger partial charge in [-0.15, -0.1) is 0 Å². The second-order valence-corrected chi connectivity index (χ2v) is 3.80. The highest BCUT2D eigenvalue weighted by atomic mass is 16.5. The van der Waals surface area contributed by atoms with Gasteiger partial charge in [0.15, 0.2) is 6.61 Å². The fourth-order valence-corrected chi connectivity index (χ4v) is 1.31. The zero-order chi connectivity index (χ0) is 14.1. The number of carbonyl (C=O) groups excluding carboxylic acids is 2. The predicted molar refractivity (Wildman–Crippen MR) is 70.2 cm³/mol. The molecular weight excluding hydrogens is 248 g/mol. The molecule has 1 aromatic rings. The number of nitrogens with one attached hydrogen (secondary N) is 2. The number of rotatable bonds is 7. The maximum absolute atomic E-state index is 11.4. The van der Waals surface area contributed by atoms with Gasteiger partial charge in [-0.2, -0.15) is 0 Å². The van der Waals surface area contributed by atoms with Crippen LogP contribution in [0.3, 0.4) is 0 Å². The lowest BCUT2D eigenvalue weighted by atomic mass is 10.3. The molecule has 0 aliphatic heterocycles. The van der Waals surface area contributed by atoms with E-state index in [4.69, 9.17) is 9.47 Å². The molecule has 0 aromatic heterocycles. The van der Waals surface area contributed by atoms with Gasteiger partial charge in [-0.05, 0) is 24.3 Å². The van der Waals surface area contributed by atoms with Crippen LogP contribution in [0, 0.1) is 0 Å². The molecule has 104 valence electrons. The van der Waals surface area contributed by atoms with E-state index in [0.717, 1.165) is 5.75 Å². The second kappa shape index (κ2) is 7.97. The van der Waals surface area contributed by atoms with Gasteiger partial charge in [-0.25, -0.2) is 0 Å². The lowest BCUT2D eigenvalue weighted by molar-refractivity contribution is -0.123. The molecular formula is C13H18N2O4. The van der Waals surface area contributed by atoms with Gasteiger partial charge in [0.25, 0.3) is 5.91 Å². The Kier molecular flexibility index (Phi) is 6.21. The number of hydrogen-bond acceptors (Lipinski definition) is 4. The molecule has 2 amide bonds. The highest BCUT2D eigenvalue weighted by Gasteiger charge is 2.02. The molecule has 6 heteroatoms. The van der Waals surface area contributed by atoms with Crippen LogP contribution in [-0.4, -0.2) is 38.6 Å². The summed E-state index contributed by atoms with van der Waals surface area (Å²) in [6, 6.07) is 6.96. The van der Waals surface area contributed by atoms with Crippen molar-refractivity contribution in [2.24, 2.45) is 0 Å². The maximum Gasteiger partial charge on any atom is 0.258 e. The Balaban J connectivity index is 2.20. The van der Waals surface area contributed by atoms with Crippen molar-refractivity contribution in [1.29, 1.82) is 0 Å². The molecule has 1 rings (SSSR count). The van der Waals surface area contributed by atoms with Crippen molar-refractivity contribution in [1.82, 2.24) is 10.6 Å². The largest absolute Gasteiger partial charge is 0.497 e. The van der Waals surface area contributed by atoms with E-state index in [1.807, 2.05) is 0 Å². The van der Waals surface area contributed by atoms with Crippen LogP contribution in [0.4, 0.5) is 0 Å². The van der Waals surface area contributed by atoms with Crippen LogP contribution in [0.1, 0.15) is 6.92 Å². The normalized spacial score (nSPS) is 9.58. The monoisotopic (exact) mass is 266 g/mol. The van der Waals surface area contributed by atoms with E-state index in [2.05, 4.69) is 10.6 Å². The summed E-state index contributed by atoms with van der Waals surface area (Å²) >= 11 is 0. The average molecular weight is 266 g/mol. The van der Waals surface area contributed by atoms with Crippen LogP contribution in [0.5, 0.6) is 11.5 Å². The first-order chi connectivity index (χ1) is 9.11. The van der Waals surface area contributed by atoms with Crippen LogP contribution in [-0.2, 0) is 9.59 Å². The molecule has 0 unspecified atom stereocenters. The fraction of sp³-hybridized carbons (Fsp3) is 0.385. The van der Waals surface area contributed by atoms with Gasteiger partial charge in [0.05, 0.1) is 7.11 Å². The van der Waals surface area contributed by atoms with E-state index < -0.39 is 0 Å². The Morgan fingerprint density at radius 2 is 1.63 bits per heavy atom. The molecule has 0 atom stereocenters. The second-order valence-electron chi connectivity index (χ2n) is 3.80. The van der Waals surface area contributed by atoms with Crippen molar-refractivity contribution in [3.05, 3.63) is 24.3 Å². The lowest BCUT2D eigenvalue weighted by Gasteiger charge is -2.08. The highest BCUT2D eigenvalue weighted by Crippen LogP contribution is 2.16. The van der Waals surface area contributed by atoms with Crippen LogP contribution in [0.15, 0.2) is 24.3 Å². The Bertz CT molecular complexity index is 417. The lowest BCUT2D eigenvalue weighted by Crippen LogP contribution is -2.36. The van der Waals surface area contributed by atoms with Gasteiger partial charge in [-0.3, -0.25) is 9.59 Å². The number of hydrogen-bond donors (Lipinski definition) is 2. The van der Waals surface area contributed by atoms with Crippen LogP contribution < -0.4 is 20.1 Å². The van der Waals surface area contributed by atoms with Crippen molar-refractivity contribution in [2.75, 3.05) is 26.8 Å². The third-order valence-corrected chi connectivity index (χ3v) is 2.25. The summed E-state index contributed by atoms with van der Waals surface area (Å²) in [5.41, 5.74) is 0. The Morgan fingerprint density at radius 3 is 2.21 bits per heavy atom. The topological polar surface area (TPSA) is 76.7 Å². The third kappa shape index (κ3) is 6.30. The Labute approximate surface area is 112 Å². The predicted octanol–water partition coefficient (Wildman–Crippen LogP) is 0.326. The first-order valence-corrected chi connectivity index (χ1v) is 5.90. The van der Waals surface area contributed by atoms with Gasteiger partial charge in [0, 0.05) is 20.0 Å². The van der Waals surface area contributed by atoms with Gasteiger partial charge in [-0.1, -0.05) is 0 Å². The number of methoxy groups -OCH3 is 1. The molecule has 2 N–H and O–H groups in total. The summed E-state index contributed by atoms with van der Waals surface area (Å²) in [5, 5.41) is 5.21. The zero-order valence-electron chi connectivity index (χ0n) is 11.1. The molecule has 0 bridgehead atoms.